The first kappa shape index (κ1) is 14.9. The Kier molecular flexibility index (Phi) is 8.07. The van der Waals surface area contributed by atoms with E-state index in [1.165, 1.54) is 25.7 Å². The first-order chi connectivity index (χ1) is 7.16. The van der Waals surface area contributed by atoms with E-state index < -0.39 is 0 Å². The van der Waals surface area contributed by atoms with E-state index in [2.05, 4.69) is 33.1 Å². The molecule has 0 spiro atoms. The summed E-state index contributed by atoms with van der Waals surface area (Å²) in [6, 6.07) is 0. The number of hydrogen-bond acceptors (Lipinski definition) is 2. The fraction of sp³-hybridized carbons (Fsp3) is 1.00. The number of hydrogen-bond donors (Lipinski definition) is 1. The van der Waals surface area contributed by atoms with Gasteiger partial charge in [-0.2, -0.15) is 0 Å². The van der Waals surface area contributed by atoms with Gasteiger partial charge in [-0.15, -0.1) is 0 Å². The van der Waals surface area contributed by atoms with Crippen molar-refractivity contribution in [2.75, 3.05) is 27.3 Å². The minimum absolute atomic E-state index is 0.417. The van der Waals surface area contributed by atoms with Gasteiger partial charge in [-0.3, -0.25) is 0 Å². The lowest BCUT2D eigenvalue weighted by atomic mass is 9.71. The first-order valence-electron chi connectivity index (χ1n) is 6.30. The van der Waals surface area contributed by atoms with Gasteiger partial charge < -0.3 is 10.1 Å². The second-order valence-corrected chi connectivity index (χ2v) is 4.71. The summed E-state index contributed by atoms with van der Waals surface area (Å²) in [5, 5.41) is 3.35. The van der Waals surface area contributed by atoms with Crippen LogP contribution in [-0.2, 0) is 4.74 Å². The van der Waals surface area contributed by atoms with E-state index in [0.717, 1.165) is 13.2 Å². The molecule has 2 heteroatoms. The molecule has 0 aromatic heterocycles. The van der Waals surface area contributed by atoms with Crippen molar-refractivity contribution < 1.29 is 4.74 Å². The minimum Gasteiger partial charge on any atom is -0.384 e. The molecular weight excluding hydrogens is 186 g/mol. The van der Waals surface area contributed by atoms with Crippen LogP contribution < -0.4 is 5.32 Å². The van der Waals surface area contributed by atoms with Crippen LogP contribution in [0.25, 0.3) is 0 Å². The fourth-order valence-electron chi connectivity index (χ4n) is 2.47. The molecule has 0 aliphatic rings. The van der Waals surface area contributed by atoms with Crippen molar-refractivity contribution in [3.8, 4) is 0 Å². The third-order valence-corrected chi connectivity index (χ3v) is 3.72. The van der Waals surface area contributed by atoms with Crippen molar-refractivity contribution in [2.45, 2.75) is 46.5 Å². The van der Waals surface area contributed by atoms with Gasteiger partial charge in [-0.05, 0) is 31.2 Å². The van der Waals surface area contributed by atoms with Crippen LogP contribution in [0.1, 0.15) is 46.5 Å². The SMILES string of the molecule is CCCCC(CC)(CNC)C(C)COC. The smallest absolute Gasteiger partial charge is 0.0493 e. The summed E-state index contributed by atoms with van der Waals surface area (Å²) in [7, 11) is 3.85. The highest BCUT2D eigenvalue weighted by Crippen LogP contribution is 2.36. The topological polar surface area (TPSA) is 21.3 Å². The summed E-state index contributed by atoms with van der Waals surface area (Å²) in [6.45, 7) is 8.87. The van der Waals surface area contributed by atoms with E-state index in [1.54, 1.807) is 7.11 Å². The van der Waals surface area contributed by atoms with Gasteiger partial charge in [0.25, 0.3) is 0 Å². The summed E-state index contributed by atoms with van der Waals surface area (Å²) in [5.41, 5.74) is 0.417. The predicted molar refractivity (Wildman–Crippen MR) is 67.2 cm³/mol. The standard InChI is InChI=1S/C13H29NO/c1-6-8-9-13(7-2,11-14-4)12(3)10-15-5/h12,14H,6-11H2,1-5H3. The van der Waals surface area contributed by atoms with Gasteiger partial charge in [0.1, 0.15) is 0 Å². The Morgan fingerprint density at radius 2 is 2.00 bits per heavy atom. The van der Waals surface area contributed by atoms with Crippen molar-refractivity contribution >= 4 is 0 Å². The van der Waals surface area contributed by atoms with Crippen LogP contribution in [0.15, 0.2) is 0 Å². The lowest BCUT2D eigenvalue weighted by Gasteiger charge is -2.38. The largest absolute Gasteiger partial charge is 0.384 e. The zero-order valence-corrected chi connectivity index (χ0v) is 11.2. The van der Waals surface area contributed by atoms with Crippen LogP contribution in [0.4, 0.5) is 0 Å². The summed E-state index contributed by atoms with van der Waals surface area (Å²) in [4.78, 5) is 0. The maximum Gasteiger partial charge on any atom is 0.0493 e. The van der Waals surface area contributed by atoms with E-state index >= 15 is 0 Å². The molecule has 0 radical (unpaired) electrons. The average molecular weight is 215 g/mol. The third-order valence-electron chi connectivity index (χ3n) is 3.72. The van der Waals surface area contributed by atoms with Gasteiger partial charge >= 0.3 is 0 Å². The van der Waals surface area contributed by atoms with Crippen LogP contribution in [0.2, 0.25) is 0 Å². The molecule has 2 atom stereocenters. The molecule has 0 saturated heterocycles. The van der Waals surface area contributed by atoms with E-state index in [1.807, 2.05) is 0 Å². The number of nitrogens with one attached hydrogen (secondary N) is 1. The minimum atomic E-state index is 0.417. The van der Waals surface area contributed by atoms with Gasteiger partial charge in [0, 0.05) is 20.3 Å². The van der Waals surface area contributed by atoms with E-state index in [-0.39, 0.29) is 0 Å². The average Bonchev–Trinajstić information content (AvgIpc) is 2.24. The van der Waals surface area contributed by atoms with Crippen LogP contribution in [0.5, 0.6) is 0 Å². The van der Waals surface area contributed by atoms with Gasteiger partial charge in [0.2, 0.25) is 0 Å². The Hall–Kier alpha value is -0.0800. The van der Waals surface area contributed by atoms with Crippen molar-refractivity contribution in [1.29, 1.82) is 0 Å². The lowest BCUT2D eigenvalue weighted by Crippen LogP contribution is -2.39. The van der Waals surface area contributed by atoms with E-state index in [4.69, 9.17) is 4.74 Å². The Morgan fingerprint density at radius 3 is 2.40 bits per heavy atom. The predicted octanol–water partition coefficient (Wildman–Crippen LogP) is 3.07. The summed E-state index contributed by atoms with van der Waals surface area (Å²) in [6.07, 6.45) is 5.15. The van der Waals surface area contributed by atoms with Crippen molar-refractivity contribution in [3.63, 3.8) is 0 Å². The van der Waals surface area contributed by atoms with Crippen molar-refractivity contribution in [1.82, 2.24) is 5.32 Å². The van der Waals surface area contributed by atoms with Crippen LogP contribution >= 0.6 is 0 Å². The maximum absolute atomic E-state index is 5.31. The molecule has 92 valence electrons. The molecule has 0 saturated carbocycles. The molecule has 2 nitrogen and oxygen atoms in total. The van der Waals surface area contributed by atoms with E-state index in [0.29, 0.717) is 11.3 Å². The molecule has 0 bridgehead atoms. The van der Waals surface area contributed by atoms with Gasteiger partial charge in [-0.25, -0.2) is 0 Å². The molecule has 2 unspecified atom stereocenters. The number of unbranched alkanes of at least 4 members (excludes halogenated alkanes) is 1. The Morgan fingerprint density at radius 1 is 1.33 bits per heavy atom. The molecule has 0 aliphatic carbocycles. The highest BCUT2D eigenvalue weighted by atomic mass is 16.5. The summed E-state index contributed by atoms with van der Waals surface area (Å²) in [5.74, 6) is 0.631. The quantitative estimate of drug-likeness (QED) is 0.638. The molecule has 1 N–H and O–H groups in total. The second-order valence-electron chi connectivity index (χ2n) is 4.71. The second kappa shape index (κ2) is 8.12. The number of methoxy groups -OCH3 is 1. The van der Waals surface area contributed by atoms with Crippen molar-refractivity contribution in [3.05, 3.63) is 0 Å². The zero-order valence-electron chi connectivity index (χ0n) is 11.2. The monoisotopic (exact) mass is 215 g/mol. The lowest BCUT2D eigenvalue weighted by molar-refractivity contribution is 0.0583. The molecule has 0 fully saturated rings. The molecule has 0 aromatic rings. The Labute approximate surface area is 95.8 Å². The molecule has 15 heavy (non-hydrogen) atoms. The normalized spacial score (nSPS) is 17.4. The van der Waals surface area contributed by atoms with Gasteiger partial charge in [0.15, 0.2) is 0 Å². The fourth-order valence-corrected chi connectivity index (χ4v) is 2.47. The van der Waals surface area contributed by atoms with Crippen LogP contribution in [0.3, 0.4) is 0 Å². The maximum atomic E-state index is 5.31. The molecule has 0 amide bonds. The van der Waals surface area contributed by atoms with Crippen LogP contribution in [-0.4, -0.2) is 27.3 Å². The highest BCUT2D eigenvalue weighted by Gasteiger charge is 2.32. The molecular formula is C13H29NO. The van der Waals surface area contributed by atoms with Crippen molar-refractivity contribution in [2.24, 2.45) is 11.3 Å². The summed E-state index contributed by atoms with van der Waals surface area (Å²) < 4.78 is 5.31. The molecule has 0 heterocycles. The third kappa shape index (κ3) is 4.52. The number of ether oxygens (including phenoxy) is 1. The molecule has 0 rings (SSSR count). The van der Waals surface area contributed by atoms with Gasteiger partial charge in [-0.1, -0.05) is 33.6 Å². The van der Waals surface area contributed by atoms with E-state index in [9.17, 15) is 0 Å². The molecule has 0 aliphatic heterocycles. The highest BCUT2D eigenvalue weighted by molar-refractivity contribution is 4.85. The first-order valence-corrected chi connectivity index (χ1v) is 6.30. The zero-order chi connectivity index (χ0) is 11.7. The van der Waals surface area contributed by atoms with Crippen LogP contribution in [0, 0.1) is 11.3 Å². The Bertz CT molecular complexity index is 149. The Balaban J connectivity index is 4.46. The van der Waals surface area contributed by atoms with Gasteiger partial charge in [0.05, 0.1) is 0 Å². The summed E-state index contributed by atoms with van der Waals surface area (Å²) >= 11 is 0. The number of rotatable bonds is 9. The molecule has 0 aromatic carbocycles.